The first kappa shape index (κ1) is 16.0. The van der Waals surface area contributed by atoms with Crippen LogP contribution in [0.4, 0.5) is 0 Å². The minimum Gasteiger partial charge on any atom is -0.310 e. The van der Waals surface area contributed by atoms with Crippen LogP contribution in [0, 0.1) is 5.92 Å². The van der Waals surface area contributed by atoms with Crippen molar-refractivity contribution in [3.8, 4) is 0 Å². The van der Waals surface area contributed by atoms with Crippen molar-refractivity contribution in [3.63, 3.8) is 0 Å². The molecule has 114 valence electrons. The van der Waals surface area contributed by atoms with Gasteiger partial charge in [-0.2, -0.15) is 0 Å². The lowest BCUT2D eigenvalue weighted by atomic mass is 9.86. The van der Waals surface area contributed by atoms with Gasteiger partial charge in [-0.1, -0.05) is 51.8 Å². The number of hydrogen-bond acceptors (Lipinski definition) is 2. The Labute approximate surface area is 129 Å². The second kappa shape index (κ2) is 8.14. The van der Waals surface area contributed by atoms with E-state index < -0.39 is 0 Å². The van der Waals surface area contributed by atoms with E-state index in [0.29, 0.717) is 12.0 Å². The molecule has 0 aliphatic rings. The SMILES string of the molecule is CCCC(CCC)C(NCC)c1cnc2ccccc2c1. The molecule has 2 nitrogen and oxygen atoms in total. The fourth-order valence-corrected chi connectivity index (χ4v) is 3.25. The van der Waals surface area contributed by atoms with Gasteiger partial charge >= 0.3 is 0 Å². The number of fused-ring (bicyclic) bond motifs is 1. The first-order valence-electron chi connectivity index (χ1n) is 8.38. The van der Waals surface area contributed by atoms with Gasteiger partial charge in [-0.15, -0.1) is 0 Å². The zero-order chi connectivity index (χ0) is 15.1. The van der Waals surface area contributed by atoms with Crippen molar-refractivity contribution >= 4 is 10.9 Å². The summed E-state index contributed by atoms with van der Waals surface area (Å²) in [5.74, 6) is 0.697. The van der Waals surface area contributed by atoms with Crippen LogP contribution in [0.2, 0.25) is 0 Å². The van der Waals surface area contributed by atoms with Crippen molar-refractivity contribution in [3.05, 3.63) is 42.1 Å². The third kappa shape index (κ3) is 4.04. The molecular weight excluding hydrogens is 256 g/mol. The lowest BCUT2D eigenvalue weighted by Gasteiger charge is -2.28. The molecule has 2 heteroatoms. The molecule has 2 rings (SSSR count). The molecule has 0 saturated carbocycles. The van der Waals surface area contributed by atoms with E-state index in [0.717, 1.165) is 12.1 Å². The van der Waals surface area contributed by atoms with Gasteiger partial charge in [0.05, 0.1) is 5.52 Å². The summed E-state index contributed by atoms with van der Waals surface area (Å²) in [6, 6.07) is 11.1. The molecule has 1 aromatic heterocycles. The lowest BCUT2D eigenvalue weighted by molar-refractivity contribution is 0.320. The number of benzene rings is 1. The topological polar surface area (TPSA) is 24.9 Å². The van der Waals surface area contributed by atoms with Gasteiger partial charge in [0.25, 0.3) is 0 Å². The van der Waals surface area contributed by atoms with E-state index in [1.807, 2.05) is 6.07 Å². The van der Waals surface area contributed by atoms with Gasteiger partial charge in [0.1, 0.15) is 0 Å². The smallest absolute Gasteiger partial charge is 0.0702 e. The van der Waals surface area contributed by atoms with Crippen molar-refractivity contribution < 1.29 is 0 Å². The third-order valence-corrected chi connectivity index (χ3v) is 4.19. The molecule has 1 aromatic carbocycles. The Morgan fingerprint density at radius 3 is 2.43 bits per heavy atom. The van der Waals surface area contributed by atoms with Gasteiger partial charge in [-0.05, 0) is 43.0 Å². The molecule has 1 N–H and O–H groups in total. The lowest BCUT2D eigenvalue weighted by Crippen LogP contribution is -2.28. The molecule has 0 aliphatic carbocycles. The van der Waals surface area contributed by atoms with Crippen LogP contribution in [0.3, 0.4) is 0 Å². The molecule has 21 heavy (non-hydrogen) atoms. The monoisotopic (exact) mass is 284 g/mol. The molecular formula is C19H28N2. The van der Waals surface area contributed by atoms with Crippen LogP contribution >= 0.6 is 0 Å². The molecule has 0 saturated heterocycles. The van der Waals surface area contributed by atoms with Gasteiger partial charge in [-0.3, -0.25) is 4.98 Å². The Kier molecular flexibility index (Phi) is 6.19. The Morgan fingerprint density at radius 1 is 1.05 bits per heavy atom. The molecule has 0 fully saturated rings. The van der Waals surface area contributed by atoms with Gasteiger partial charge in [0, 0.05) is 17.6 Å². The fraction of sp³-hybridized carbons (Fsp3) is 0.526. The summed E-state index contributed by atoms with van der Waals surface area (Å²) < 4.78 is 0. The second-order valence-electron chi connectivity index (χ2n) is 5.83. The summed E-state index contributed by atoms with van der Waals surface area (Å²) in [6.45, 7) is 7.76. The van der Waals surface area contributed by atoms with E-state index in [-0.39, 0.29) is 0 Å². The van der Waals surface area contributed by atoms with E-state index in [9.17, 15) is 0 Å². The summed E-state index contributed by atoms with van der Waals surface area (Å²) in [7, 11) is 0. The van der Waals surface area contributed by atoms with Crippen LogP contribution in [0.5, 0.6) is 0 Å². The van der Waals surface area contributed by atoms with Gasteiger partial charge < -0.3 is 5.32 Å². The Morgan fingerprint density at radius 2 is 1.76 bits per heavy atom. The summed E-state index contributed by atoms with van der Waals surface area (Å²) in [5, 5.41) is 4.93. The van der Waals surface area contributed by atoms with E-state index in [1.54, 1.807) is 0 Å². The number of nitrogens with one attached hydrogen (secondary N) is 1. The Hall–Kier alpha value is -1.41. The predicted octanol–water partition coefficient (Wildman–Crippen LogP) is 5.10. The maximum Gasteiger partial charge on any atom is 0.0702 e. The highest BCUT2D eigenvalue weighted by atomic mass is 14.9. The fourth-order valence-electron chi connectivity index (χ4n) is 3.25. The van der Waals surface area contributed by atoms with E-state index in [2.05, 4.69) is 61.5 Å². The van der Waals surface area contributed by atoms with Gasteiger partial charge in [-0.25, -0.2) is 0 Å². The number of nitrogens with zero attached hydrogens (tertiary/aromatic N) is 1. The molecule has 0 radical (unpaired) electrons. The van der Waals surface area contributed by atoms with E-state index in [4.69, 9.17) is 0 Å². The zero-order valence-corrected chi connectivity index (χ0v) is 13.6. The highest BCUT2D eigenvalue weighted by Gasteiger charge is 2.21. The second-order valence-corrected chi connectivity index (χ2v) is 5.83. The van der Waals surface area contributed by atoms with Crippen molar-refractivity contribution in [2.75, 3.05) is 6.54 Å². The summed E-state index contributed by atoms with van der Waals surface area (Å²) >= 11 is 0. The molecule has 0 aliphatic heterocycles. The van der Waals surface area contributed by atoms with Crippen molar-refractivity contribution in [2.45, 2.75) is 52.5 Å². The van der Waals surface area contributed by atoms with Gasteiger partial charge in [0.15, 0.2) is 0 Å². The number of rotatable bonds is 8. The minimum absolute atomic E-state index is 0.423. The zero-order valence-electron chi connectivity index (χ0n) is 13.6. The molecule has 1 heterocycles. The number of aromatic nitrogens is 1. The van der Waals surface area contributed by atoms with E-state index >= 15 is 0 Å². The average Bonchev–Trinajstić information content (AvgIpc) is 2.52. The van der Waals surface area contributed by atoms with E-state index in [1.165, 1.54) is 36.6 Å². The molecule has 0 spiro atoms. The minimum atomic E-state index is 0.423. The van der Waals surface area contributed by atoms with Crippen molar-refractivity contribution in [2.24, 2.45) is 5.92 Å². The highest BCUT2D eigenvalue weighted by Crippen LogP contribution is 2.30. The largest absolute Gasteiger partial charge is 0.310 e. The summed E-state index contributed by atoms with van der Waals surface area (Å²) in [6.07, 6.45) is 7.10. The number of para-hydroxylation sites is 1. The Bertz CT molecular complexity index is 544. The number of pyridine rings is 1. The normalized spacial score (nSPS) is 13.0. The van der Waals surface area contributed by atoms with Crippen LogP contribution in [0.25, 0.3) is 10.9 Å². The molecule has 0 amide bonds. The molecule has 1 atom stereocenters. The standard InChI is InChI=1S/C19H28N2/c1-4-9-15(10-5-2)19(20-6-3)17-13-16-11-7-8-12-18(16)21-14-17/h7-8,11-15,19-20H,4-6,9-10H2,1-3H3. The van der Waals surface area contributed by atoms with Crippen LogP contribution in [-0.4, -0.2) is 11.5 Å². The van der Waals surface area contributed by atoms with Crippen LogP contribution in [-0.2, 0) is 0 Å². The van der Waals surface area contributed by atoms with Crippen LogP contribution in [0.1, 0.15) is 58.1 Å². The molecule has 1 unspecified atom stereocenters. The maximum atomic E-state index is 4.65. The average molecular weight is 284 g/mol. The summed E-state index contributed by atoms with van der Waals surface area (Å²) in [4.78, 5) is 4.65. The van der Waals surface area contributed by atoms with Gasteiger partial charge in [0.2, 0.25) is 0 Å². The molecule has 0 bridgehead atoms. The quantitative estimate of drug-likeness (QED) is 0.729. The maximum absolute atomic E-state index is 4.65. The molecule has 2 aromatic rings. The third-order valence-electron chi connectivity index (χ3n) is 4.19. The predicted molar refractivity (Wildman–Crippen MR) is 91.5 cm³/mol. The van der Waals surface area contributed by atoms with Crippen LogP contribution < -0.4 is 5.32 Å². The highest BCUT2D eigenvalue weighted by molar-refractivity contribution is 5.78. The van der Waals surface area contributed by atoms with Crippen molar-refractivity contribution in [1.82, 2.24) is 10.3 Å². The van der Waals surface area contributed by atoms with Crippen molar-refractivity contribution in [1.29, 1.82) is 0 Å². The summed E-state index contributed by atoms with van der Waals surface area (Å²) in [5.41, 5.74) is 2.42. The first-order chi connectivity index (χ1) is 10.3. The van der Waals surface area contributed by atoms with Crippen LogP contribution in [0.15, 0.2) is 36.5 Å². The first-order valence-corrected chi connectivity index (χ1v) is 8.38. The Balaban J connectivity index is 2.33. The number of hydrogen-bond donors (Lipinski definition) is 1.